The number of rotatable bonds is 6. The number of anilines is 1. The zero-order valence-corrected chi connectivity index (χ0v) is 18.7. The summed E-state index contributed by atoms with van der Waals surface area (Å²) in [6.07, 6.45) is 0. The van der Waals surface area contributed by atoms with Gasteiger partial charge >= 0.3 is 11.8 Å². The summed E-state index contributed by atoms with van der Waals surface area (Å²) in [6.45, 7) is 8.08. The number of nitrogens with zero attached hydrogens (tertiary/aromatic N) is 1. The lowest BCUT2D eigenvalue weighted by Crippen LogP contribution is -2.33. The Kier molecular flexibility index (Phi) is 7.39. The number of hydrogen-bond donors (Lipinski definition) is 2. The van der Waals surface area contributed by atoms with Crippen LogP contribution in [-0.4, -0.2) is 17.5 Å². The molecule has 2 amide bonds. The SMILES string of the molecule is CC(=NNC(=O)C(=O)Nc1cc(C)ccc1C)c1ccc(OCc2ccccc2C)cc1. The summed E-state index contributed by atoms with van der Waals surface area (Å²) in [5, 5.41) is 6.66. The molecule has 0 aromatic heterocycles. The molecule has 0 fully saturated rings. The molecule has 6 heteroatoms. The molecule has 0 bridgehead atoms. The van der Waals surface area contributed by atoms with Crippen LogP contribution in [-0.2, 0) is 16.2 Å². The molecule has 2 N–H and O–H groups in total. The lowest BCUT2D eigenvalue weighted by molar-refractivity contribution is -0.136. The fraction of sp³-hybridized carbons (Fsp3) is 0.192. The molecular formula is C26H27N3O3. The van der Waals surface area contributed by atoms with Gasteiger partial charge in [-0.15, -0.1) is 0 Å². The molecule has 0 aliphatic carbocycles. The van der Waals surface area contributed by atoms with Gasteiger partial charge in [-0.05, 0) is 85.8 Å². The van der Waals surface area contributed by atoms with Gasteiger partial charge in [-0.1, -0.05) is 36.4 Å². The Bertz CT molecular complexity index is 1150. The van der Waals surface area contributed by atoms with E-state index in [9.17, 15) is 9.59 Å². The van der Waals surface area contributed by atoms with Crippen molar-refractivity contribution < 1.29 is 14.3 Å². The minimum atomic E-state index is -0.830. The van der Waals surface area contributed by atoms with E-state index in [1.54, 1.807) is 6.92 Å². The number of carbonyl (C=O) groups is 2. The Morgan fingerprint density at radius 2 is 1.59 bits per heavy atom. The molecule has 32 heavy (non-hydrogen) atoms. The maximum atomic E-state index is 12.2. The lowest BCUT2D eigenvalue weighted by Gasteiger charge is -2.10. The van der Waals surface area contributed by atoms with Gasteiger partial charge in [-0.25, -0.2) is 5.43 Å². The highest BCUT2D eigenvalue weighted by Crippen LogP contribution is 2.17. The van der Waals surface area contributed by atoms with Crippen LogP contribution in [0.1, 0.15) is 34.7 Å². The number of hydrogen-bond acceptors (Lipinski definition) is 4. The van der Waals surface area contributed by atoms with Gasteiger partial charge in [0.25, 0.3) is 0 Å². The first kappa shape index (κ1) is 22.7. The second kappa shape index (κ2) is 10.4. The van der Waals surface area contributed by atoms with Crippen molar-refractivity contribution in [1.29, 1.82) is 0 Å². The van der Waals surface area contributed by atoms with Gasteiger partial charge < -0.3 is 10.1 Å². The summed E-state index contributed by atoms with van der Waals surface area (Å²) in [4.78, 5) is 24.3. The first-order valence-corrected chi connectivity index (χ1v) is 10.3. The van der Waals surface area contributed by atoms with Crippen LogP contribution in [0.15, 0.2) is 71.8 Å². The van der Waals surface area contributed by atoms with Gasteiger partial charge in [-0.2, -0.15) is 5.10 Å². The van der Waals surface area contributed by atoms with E-state index in [0.29, 0.717) is 18.0 Å². The van der Waals surface area contributed by atoms with E-state index in [2.05, 4.69) is 28.8 Å². The lowest BCUT2D eigenvalue weighted by atomic mass is 10.1. The van der Waals surface area contributed by atoms with Crippen molar-refractivity contribution >= 4 is 23.2 Å². The van der Waals surface area contributed by atoms with E-state index in [4.69, 9.17) is 4.74 Å². The zero-order valence-electron chi connectivity index (χ0n) is 18.7. The molecule has 0 saturated carbocycles. The van der Waals surface area contributed by atoms with Crippen LogP contribution in [0.4, 0.5) is 5.69 Å². The minimum Gasteiger partial charge on any atom is -0.489 e. The molecule has 6 nitrogen and oxygen atoms in total. The predicted molar refractivity (Wildman–Crippen MR) is 127 cm³/mol. The summed E-state index contributed by atoms with van der Waals surface area (Å²) < 4.78 is 5.85. The fourth-order valence-electron chi connectivity index (χ4n) is 3.03. The maximum Gasteiger partial charge on any atom is 0.329 e. The van der Waals surface area contributed by atoms with Crippen molar-refractivity contribution in [2.24, 2.45) is 5.10 Å². The van der Waals surface area contributed by atoms with Gasteiger partial charge in [0.2, 0.25) is 0 Å². The highest BCUT2D eigenvalue weighted by molar-refractivity contribution is 6.39. The number of hydrazone groups is 1. The second-order valence-corrected chi connectivity index (χ2v) is 7.65. The molecular weight excluding hydrogens is 402 g/mol. The highest BCUT2D eigenvalue weighted by atomic mass is 16.5. The van der Waals surface area contributed by atoms with Crippen LogP contribution < -0.4 is 15.5 Å². The van der Waals surface area contributed by atoms with Crippen LogP contribution in [0.5, 0.6) is 5.75 Å². The number of nitrogens with one attached hydrogen (secondary N) is 2. The van der Waals surface area contributed by atoms with Crippen molar-refractivity contribution in [2.75, 3.05) is 5.32 Å². The van der Waals surface area contributed by atoms with Crippen LogP contribution >= 0.6 is 0 Å². The van der Waals surface area contributed by atoms with Crippen LogP contribution in [0.3, 0.4) is 0 Å². The number of aryl methyl sites for hydroxylation is 3. The molecule has 164 valence electrons. The van der Waals surface area contributed by atoms with E-state index in [1.165, 1.54) is 5.56 Å². The summed E-state index contributed by atoms with van der Waals surface area (Å²) in [7, 11) is 0. The molecule has 0 saturated heterocycles. The molecule has 0 heterocycles. The highest BCUT2D eigenvalue weighted by Gasteiger charge is 2.14. The van der Waals surface area contributed by atoms with Crippen molar-refractivity contribution in [3.63, 3.8) is 0 Å². The van der Waals surface area contributed by atoms with E-state index in [-0.39, 0.29) is 0 Å². The first-order chi connectivity index (χ1) is 15.3. The zero-order chi connectivity index (χ0) is 23.1. The number of carbonyl (C=O) groups excluding carboxylic acids is 2. The van der Waals surface area contributed by atoms with E-state index in [0.717, 1.165) is 28.0 Å². The topological polar surface area (TPSA) is 79.8 Å². The molecule has 0 radical (unpaired) electrons. The van der Waals surface area contributed by atoms with Crippen LogP contribution in [0, 0.1) is 20.8 Å². The second-order valence-electron chi connectivity index (χ2n) is 7.65. The molecule has 0 spiro atoms. The number of benzene rings is 3. The third-order valence-electron chi connectivity index (χ3n) is 5.10. The molecule has 0 unspecified atom stereocenters. The van der Waals surface area contributed by atoms with E-state index < -0.39 is 11.8 Å². The predicted octanol–water partition coefficient (Wildman–Crippen LogP) is 4.67. The molecule has 3 aromatic carbocycles. The minimum absolute atomic E-state index is 0.491. The molecule has 0 aliphatic rings. The maximum absolute atomic E-state index is 12.2. The summed E-state index contributed by atoms with van der Waals surface area (Å²) >= 11 is 0. The summed E-state index contributed by atoms with van der Waals surface area (Å²) in [5.41, 5.74) is 8.48. The number of amides is 2. The normalized spacial score (nSPS) is 11.1. The van der Waals surface area contributed by atoms with E-state index >= 15 is 0 Å². The van der Waals surface area contributed by atoms with Crippen LogP contribution in [0.2, 0.25) is 0 Å². The monoisotopic (exact) mass is 429 g/mol. The molecule has 3 rings (SSSR count). The summed E-state index contributed by atoms with van der Waals surface area (Å²) in [5.74, 6) is -0.861. The van der Waals surface area contributed by atoms with Gasteiger partial charge in [-0.3, -0.25) is 9.59 Å². The average Bonchev–Trinajstić information content (AvgIpc) is 2.79. The van der Waals surface area contributed by atoms with Gasteiger partial charge in [0.15, 0.2) is 0 Å². The van der Waals surface area contributed by atoms with Gasteiger partial charge in [0, 0.05) is 5.69 Å². The number of ether oxygens (including phenoxy) is 1. The molecule has 3 aromatic rings. The third-order valence-corrected chi connectivity index (χ3v) is 5.10. The van der Waals surface area contributed by atoms with Crippen molar-refractivity contribution in [2.45, 2.75) is 34.3 Å². The van der Waals surface area contributed by atoms with E-state index in [1.807, 2.05) is 74.5 Å². The van der Waals surface area contributed by atoms with Gasteiger partial charge in [0.1, 0.15) is 12.4 Å². The first-order valence-electron chi connectivity index (χ1n) is 10.3. The fourth-order valence-corrected chi connectivity index (χ4v) is 3.03. The van der Waals surface area contributed by atoms with Crippen molar-refractivity contribution in [3.8, 4) is 5.75 Å². The molecule has 0 atom stereocenters. The quantitative estimate of drug-likeness (QED) is 0.339. The largest absolute Gasteiger partial charge is 0.489 e. The van der Waals surface area contributed by atoms with Crippen LogP contribution in [0.25, 0.3) is 0 Å². The van der Waals surface area contributed by atoms with Crippen molar-refractivity contribution in [3.05, 3.63) is 94.5 Å². The Hall–Kier alpha value is -3.93. The smallest absolute Gasteiger partial charge is 0.329 e. The molecule has 0 aliphatic heterocycles. The van der Waals surface area contributed by atoms with Crippen molar-refractivity contribution in [1.82, 2.24) is 5.43 Å². The summed E-state index contributed by atoms with van der Waals surface area (Å²) in [6, 6.07) is 21.1. The third kappa shape index (κ3) is 6.04. The Balaban J connectivity index is 1.55. The average molecular weight is 430 g/mol. The Morgan fingerprint density at radius 3 is 2.31 bits per heavy atom. The Morgan fingerprint density at radius 1 is 0.875 bits per heavy atom. The van der Waals surface area contributed by atoms with Gasteiger partial charge in [0.05, 0.1) is 5.71 Å². The standard InChI is InChI=1S/C26H27N3O3/c1-17-9-10-19(3)24(15-17)27-25(30)26(31)29-28-20(4)21-11-13-23(14-12-21)32-16-22-8-6-5-7-18(22)2/h5-15H,16H2,1-4H3,(H,27,30)(H,29,31). The Labute approximate surface area is 188 Å².